The van der Waals surface area contributed by atoms with E-state index in [-0.39, 0.29) is 11.8 Å². The third-order valence-electron chi connectivity index (χ3n) is 1.52. The summed E-state index contributed by atoms with van der Waals surface area (Å²) >= 11 is 0. The lowest BCUT2D eigenvalue weighted by Gasteiger charge is -2.11. The van der Waals surface area contributed by atoms with Crippen LogP contribution in [0.2, 0.25) is 0 Å². The highest BCUT2D eigenvalue weighted by molar-refractivity contribution is 5.77. The molecule has 0 fully saturated rings. The second kappa shape index (κ2) is 4.31. The summed E-state index contributed by atoms with van der Waals surface area (Å²) in [4.78, 5) is 10.9. The predicted molar refractivity (Wildman–Crippen MR) is 42.7 cm³/mol. The minimum Gasteiger partial charge on any atom is -0.359 e. The fourth-order valence-corrected chi connectivity index (χ4v) is 1.06. The van der Waals surface area contributed by atoms with Gasteiger partial charge in [-0.1, -0.05) is 20.8 Å². The highest BCUT2D eigenvalue weighted by atomic mass is 16.1. The summed E-state index contributed by atoms with van der Waals surface area (Å²) in [5.74, 6) is 0.908. The lowest BCUT2D eigenvalue weighted by atomic mass is 9.98. The van der Waals surface area contributed by atoms with Gasteiger partial charge in [0.1, 0.15) is 0 Å². The number of hydrogen-bond donors (Lipinski definition) is 1. The third-order valence-corrected chi connectivity index (χ3v) is 1.52. The van der Waals surface area contributed by atoms with Gasteiger partial charge in [-0.05, 0) is 12.3 Å². The van der Waals surface area contributed by atoms with E-state index >= 15 is 0 Å². The summed E-state index contributed by atoms with van der Waals surface area (Å²) in [6.07, 6.45) is 0.972. The Balaban J connectivity index is 3.61. The molecule has 60 valence electrons. The minimum atomic E-state index is 0.147. The molecule has 0 radical (unpaired) electrons. The molecule has 10 heavy (non-hydrogen) atoms. The van der Waals surface area contributed by atoms with Crippen LogP contribution in [0.4, 0.5) is 0 Å². The number of carbonyl (C=O) groups excluding carboxylic acids is 1. The van der Waals surface area contributed by atoms with Crippen molar-refractivity contribution in [2.24, 2.45) is 11.8 Å². The third kappa shape index (κ3) is 3.49. The molecule has 0 saturated carbocycles. The van der Waals surface area contributed by atoms with Gasteiger partial charge in [0.2, 0.25) is 5.91 Å². The molecule has 0 aromatic carbocycles. The Morgan fingerprint density at radius 2 is 1.90 bits per heavy atom. The van der Waals surface area contributed by atoms with Gasteiger partial charge in [-0.3, -0.25) is 4.79 Å². The van der Waals surface area contributed by atoms with E-state index in [1.807, 2.05) is 6.92 Å². The van der Waals surface area contributed by atoms with Gasteiger partial charge in [0.15, 0.2) is 0 Å². The molecule has 0 aliphatic carbocycles. The van der Waals surface area contributed by atoms with E-state index < -0.39 is 0 Å². The van der Waals surface area contributed by atoms with Crippen molar-refractivity contribution in [3.63, 3.8) is 0 Å². The van der Waals surface area contributed by atoms with Crippen LogP contribution in [0.3, 0.4) is 0 Å². The molecule has 0 heterocycles. The van der Waals surface area contributed by atoms with E-state index in [0.717, 1.165) is 6.42 Å². The topological polar surface area (TPSA) is 29.1 Å². The molecule has 1 N–H and O–H groups in total. The molecule has 0 aliphatic heterocycles. The Labute approximate surface area is 63.0 Å². The number of nitrogens with one attached hydrogen (secondary N) is 1. The maximum Gasteiger partial charge on any atom is 0.222 e. The molecule has 0 aromatic heterocycles. The first-order valence-corrected chi connectivity index (χ1v) is 3.79. The summed E-state index contributed by atoms with van der Waals surface area (Å²) in [6.45, 7) is 6.21. The number of hydrogen-bond acceptors (Lipinski definition) is 1. The minimum absolute atomic E-state index is 0.147. The van der Waals surface area contributed by atoms with Crippen LogP contribution in [0.5, 0.6) is 0 Å². The molecule has 1 amide bonds. The summed E-state index contributed by atoms with van der Waals surface area (Å²) in [5, 5.41) is 2.63. The standard InChI is InChI=1S/C8H17NO/c1-6(2)5-7(3)8(10)9-4/h6-7H,5H2,1-4H3,(H,9,10)/t7-/m1/s1. The first-order valence-electron chi connectivity index (χ1n) is 3.79. The molecule has 0 aromatic rings. The second-order valence-electron chi connectivity index (χ2n) is 3.14. The van der Waals surface area contributed by atoms with E-state index in [1.165, 1.54) is 0 Å². The second-order valence-corrected chi connectivity index (χ2v) is 3.14. The quantitative estimate of drug-likeness (QED) is 0.636. The molecule has 0 unspecified atom stereocenters. The van der Waals surface area contributed by atoms with Gasteiger partial charge < -0.3 is 5.32 Å². The summed E-state index contributed by atoms with van der Waals surface area (Å²) < 4.78 is 0. The molecule has 2 heteroatoms. The number of rotatable bonds is 3. The van der Waals surface area contributed by atoms with Crippen LogP contribution in [0.1, 0.15) is 27.2 Å². The van der Waals surface area contributed by atoms with Gasteiger partial charge in [-0.15, -0.1) is 0 Å². The molecule has 0 rings (SSSR count). The molecule has 0 bridgehead atoms. The van der Waals surface area contributed by atoms with Gasteiger partial charge in [-0.2, -0.15) is 0 Å². The lowest BCUT2D eigenvalue weighted by Crippen LogP contribution is -2.26. The van der Waals surface area contributed by atoms with Crippen molar-refractivity contribution >= 4 is 5.91 Å². The van der Waals surface area contributed by atoms with E-state index in [4.69, 9.17) is 0 Å². The maximum absolute atomic E-state index is 10.9. The van der Waals surface area contributed by atoms with Gasteiger partial charge in [0.05, 0.1) is 0 Å². The van der Waals surface area contributed by atoms with Crippen molar-refractivity contribution in [1.82, 2.24) is 5.32 Å². The zero-order valence-electron chi connectivity index (χ0n) is 7.27. The number of carbonyl (C=O) groups is 1. The fraction of sp³-hybridized carbons (Fsp3) is 0.875. The SMILES string of the molecule is CNC(=O)[C@H](C)CC(C)C. The first-order chi connectivity index (χ1) is 4.57. The fourth-order valence-electron chi connectivity index (χ4n) is 1.06. The Morgan fingerprint density at radius 1 is 1.40 bits per heavy atom. The van der Waals surface area contributed by atoms with Crippen LogP contribution in [0, 0.1) is 11.8 Å². The first kappa shape index (κ1) is 9.47. The van der Waals surface area contributed by atoms with Crippen molar-refractivity contribution in [2.75, 3.05) is 7.05 Å². The highest BCUT2D eigenvalue weighted by Gasteiger charge is 2.11. The average molecular weight is 143 g/mol. The van der Waals surface area contributed by atoms with Crippen molar-refractivity contribution in [3.8, 4) is 0 Å². The molecule has 2 nitrogen and oxygen atoms in total. The maximum atomic E-state index is 10.9. The molecule has 0 spiro atoms. The van der Waals surface area contributed by atoms with E-state index in [0.29, 0.717) is 5.92 Å². The Hall–Kier alpha value is -0.530. The molecule has 0 saturated heterocycles. The van der Waals surface area contributed by atoms with Crippen LogP contribution in [-0.4, -0.2) is 13.0 Å². The normalized spacial score (nSPS) is 13.3. The average Bonchev–Trinajstić information content (AvgIpc) is 1.85. The summed E-state index contributed by atoms with van der Waals surface area (Å²) in [7, 11) is 1.68. The van der Waals surface area contributed by atoms with Gasteiger partial charge in [0, 0.05) is 13.0 Å². The Bertz CT molecular complexity index is 110. The summed E-state index contributed by atoms with van der Waals surface area (Å²) in [5.41, 5.74) is 0. The molecular weight excluding hydrogens is 126 g/mol. The van der Waals surface area contributed by atoms with Crippen LogP contribution in [0.25, 0.3) is 0 Å². The van der Waals surface area contributed by atoms with Crippen molar-refractivity contribution in [3.05, 3.63) is 0 Å². The van der Waals surface area contributed by atoms with Gasteiger partial charge >= 0.3 is 0 Å². The van der Waals surface area contributed by atoms with E-state index in [9.17, 15) is 4.79 Å². The van der Waals surface area contributed by atoms with E-state index in [2.05, 4.69) is 19.2 Å². The van der Waals surface area contributed by atoms with Crippen LogP contribution in [0.15, 0.2) is 0 Å². The highest BCUT2D eigenvalue weighted by Crippen LogP contribution is 2.09. The summed E-state index contributed by atoms with van der Waals surface area (Å²) in [6, 6.07) is 0. The lowest BCUT2D eigenvalue weighted by molar-refractivity contribution is -0.124. The van der Waals surface area contributed by atoms with Crippen LogP contribution in [-0.2, 0) is 4.79 Å². The van der Waals surface area contributed by atoms with Gasteiger partial charge in [-0.25, -0.2) is 0 Å². The van der Waals surface area contributed by atoms with Crippen molar-refractivity contribution in [2.45, 2.75) is 27.2 Å². The van der Waals surface area contributed by atoms with Crippen LogP contribution >= 0.6 is 0 Å². The zero-order valence-corrected chi connectivity index (χ0v) is 7.27. The smallest absolute Gasteiger partial charge is 0.222 e. The monoisotopic (exact) mass is 143 g/mol. The molecule has 1 atom stereocenters. The predicted octanol–water partition coefficient (Wildman–Crippen LogP) is 1.41. The molecule has 0 aliphatic rings. The Morgan fingerprint density at radius 3 is 2.20 bits per heavy atom. The van der Waals surface area contributed by atoms with Crippen molar-refractivity contribution < 1.29 is 4.79 Å². The van der Waals surface area contributed by atoms with Gasteiger partial charge in [0.25, 0.3) is 0 Å². The van der Waals surface area contributed by atoms with Crippen molar-refractivity contribution in [1.29, 1.82) is 0 Å². The molecular formula is C8H17NO. The zero-order chi connectivity index (χ0) is 8.15. The Kier molecular flexibility index (Phi) is 4.08. The van der Waals surface area contributed by atoms with Crippen LogP contribution < -0.4 is 5.32 Å². The number of amides is 1. The largest absolute Gasteiger partial charge is 0.359 e. The van der Waals surface area contributed by atoms with E-state index in [1.54, 1.807) is 7.05 Å².